The maximum absolute atomic E-state index is 12.6. The van der Waals surface area contributed by atoms with Crippen LogP contribution in [0.2, 0.25) is 0 Å². The number of H-pyrrole nitrogens is 1. The molecule has 5 heteroatoms. The summed E-state index contributed by atoms with van der Waals surface area (Å²) in [6.45, 7) is 2.73. The first-order chi connectivity index (χ1) is 12.6. The summed E-state index contributed by atoms with van der Waals surface area (Å²) < 4.78 is 0. The fourth-order valence-corrected chi connectivity index (χ4v) is 3.60. The van der Waals surface area contributed by atoms with Gasteiger partial charge in [-0.1, -0.05) is 24.3 Å². The lowest BCUT2D eigenvalue weighted by Gasteiger charge is -2.16. The molecule has 132 valence electrons. The van der Waals surface area contributed by atoms with Crippen LogP contribution in [-0.2, 0) is 16.0 Å². The average Bonchev–Trinajstić information content (AvgIpc) is 3.19. The second-order valence-corrected chi connectivity index (χ2v) is 6.70. The summed E-state index contributed by atoms with van der Waals surface area (Å²) in [5.74, 6) is 0.0747. The quantitative estimate of drug-likeness (QED) is 0.754. The first kappa shape index (κ1) is 16.4. The average molecular weight is 347 g/mol. The standard InChI is InChI=1S/C21H21N3O2/c1-14-18(17-8-2-3-9-19(17)22-14)13-20(25)23-15-6-4-7-16(12-15)24-11-5-10-21(24)26/h2-4,6-9,12,22H,5,10-11,13H2,1H3,(H,23,25). The van der Waals surface area contributed by atoms with Crippen LogP contribution < -0.4 is 10.2 Å². The number of para-hydroxylation sites is 1. The van der Waals surface area contributed by atoms with Crippen LogP contribution in [0.3, 0.4) is 0 Å². The number of amides is 2. The van der Waals surface area contributed by atoms with E-state index in [1.54, 1.807) is 4.90 Å². The Morgan fingerprint density at radius 1 is 1.19 bits per heavy atom. The number of benzene rings is 2. The van der Waals surface area contributed by atoms with Crippen molar-refractivity contribution in [1.82, 2.24) is 4.98 Å². The van der Waals surface area contributed by atoms with Crippen molar-refractivity contribution >= 4 is 34.1 Å². The van der Waals surface area contributed by atoms with Gasteiger partial charge in [0.1, 0.15) is 0 Å². The second-order valence-electron chi connectivity index (χ2n) is 6.70. The van der Waals surface area contributed by atoms with E-state index in [0.29, 0.717) is 18.5 Å². The molecular weight excluding hydrogens is 326 g/mol. The van der Waals surface area contributed by atoms with E-state index in [-0.39, 0.29) is 11.8 Å². The Morgan fingerprint density at radius 3 is 2.85 bits per heavy atom. The number of carbonyl (C=O) groups is 2. The Hall–Kier alpha value is -3.08. The minimum atomic E-state index is -0.0669. The minimum absolute atomic E-state index is 0.0669. The predicted octanol–water partition coefficient (Wildman–Crippen LogP) is 3.78. The van der Waals surface area contributed by atoms with Crippen molar-refractivity contribution in [2.45, 2.75) is 26.2 Å². The molecule has 1 aromatic heterocycles. The first-order valence-electron chi connectivity index (χ1n) is 8.88. The highest BCUT2D eigenvalue weighted by molar-refractivity contribution is 5.98. The summed E-state index contributed by atoms with van der Waals surface area (Å²) in [4.78, 5) is 29.6. The molecule has 1 aliphatic heterocycles. The van der Waals surface area contributed by atoms with Gasteiger partial charge in [0.05, 0.1) is 6.42 Å². The molecule has 1 fully saturated rings. The zero-order valence-electron chi connectivity index (χ0n) is 14.7. The van der Waals surface area contributed by atoms with Crippen molar-refractivity contribution in [2.75, 3.05) is 16.8 Å². The smallest absolute Gasteiger partial charge is 0.228 e. The molecule has 1 saturated heterocycles. The van der Waals surface area contributed by atoms with Crippen molar-refractivity contribution in [3.05, 3.63) is 59.8 Å². The molecule has 2 heterocycles. The fraction of sp³-hybridized carbons (Fsp3) is 0.238. The van der Waals surface area contributed by atoms with Crippen LogP contribution in [0.1, 0.15) is 24.1 Å². The van der Waals surface area contributed by atoms with Gasteiger partial charge in [-0.15, -0.1) is 0 Å². The highest BCUT2D eigenvalue weighted by atomic mass is 16.2. The SMILES string of the molecule is Cc1[nH]c2ccccc2c1CC(=O)Nc1cccc(N2CCCC2=O)c1. The summed E-state index contributed by atoms with van der Waals surface area (Å²) in [6.07, 6.45) is 1.79. The molecule has 0 spiro atoms. The molecule has 0 aliphatic carbocycles. The molecule has 4 rings (SSSR count). The number of rotatable bonds is 4. The second kappa shape index (κ2) is 6.67. The van der Waals surface area contributed by atoms with Gasteiger partial charge in [0.2, 0.25) is 11.8 Å². The van der Waals surface area contributed by atoms with Crippen LogP contribution in [0.15, 0.2) is 48.5 Å². The van der Waals surface area contributed by atoms with Gasteiger partial charge in [-0.05, 0) is 43.2 Å². The lowest BCUT2D eigenvalue weighted by atomic mass is 10.1. The first-order valence-corrected chi connectivity index (χ1v) is 8.88. The van der Waals surface area contributed by atoms with E-state index in [1.807, 2.05) is 55.5 Å². The number of aromatic nitrogens is 1. The fourth-order valence-electron chi connectivity index (χ4n) is 3.60. The Kier molecular flexibility index (Phi) is 4.21. The zero-order valence-corrected chi connectivity index (χ0v) is 14.7. The van der Waals surface area contributed by atoms with Crippen LogP contribution in [0.4, 0.5) is 11.4 Å². The molecule has 0 radical (unpaired) electrons. The van der Waals surface area contributed by atoms with Crippen molar-refractivity contribution in [3.8, 4) is 0 Å². The number of hydrogen-bond acceptors (Lipinski definition) is 2. The van der Waals surface area contributed by atoms with Crippen LogP contribution in [0.5, 0.6) is 0 Å². The Balaban J connectivity index is 1.51. The van der Waals surface area contributed by atoms with Gasteiger partial charge in [-0.3, -0.25) is 9.59 Å². The third kappa shape index (κ3) is 3.08. The predicted molar refractivity (Wildman–Crippen MR) is 103 cm³/mol. The van der Waals surface area contributed by atoms with Crippen LogP contribution in [-0.4, -0.2) is 23.3 Å². The number of anilines is 2. The largest absolute Gasteiger partial charge is 0.358 e. The number of fused-ring (bicyclic) bond motifs is 1. The van der Waals surface area contributed by atoms with Crippen molar-refractivity contribution in [3.63, 3.8) is 0 Å². The van der Waals surface area contributed by atoms with Gasteiger partial charge in [0.15, 0.2) is 0 Å². The molecule has 3 aromatic rings. The van der Waals surface area contributed by atoms with Crippen LogP contribution in [0, 0.1) is 6.92 Å². The van der Waals surface area contributed by atoms with E-state index in [9.17, 15) is 9.59 Å². The third-order valence-electron chi connectivity index (χ3n) is 4.88. The number of nitrogens with zero attached hydrogens (tertiary/aromatic N) is 1. The van der Waals surface area contributed by atoms with Gasteiger partial charge < -0.3 is 15.2 Å². The number of hydrogen-bond donors (Lipinski definition) is 2. The summed E-state index contributed by atoms with van der Waals surface area (Å²) in [7, 11) is 0. The third-order valence-corrected chi connectivity index (χ3v) is 4.88. The van der Waals surface area contributed by atoms with E-state index >= 15 is 0 Å². The van der Waals surface area contributed by atoms with E-state index in [4.69, 9.17) is 0 Å². The molecule has 5 nitrogen and oxygen atoms in total. The van der Waals surface area contributed by atoms with E-state index in [2.05, 4.69) is 10.3 Å². The lowest BCUT2D eigenvalue weighted by Crippen LogP contribution is -2.23. The number of aromatic amines is 1. The highest BCUT2D eigenvalue weighted by Gasteiger charge is 2.22. The zero-order chi connectivity index (χ0) is 18.1. The van der Waals surface area contributed by atoms with Crippen LogP contribution >= 0.6 is 0 Å². The topological polar surface area (TPSA) is 65.2 Å². The van der Waals surface area contributed by atoms with Gasteiger partial charge in [-0.25, -0.2) is 0 Å². The summed E-state index contributed by atoms with van der Waals surface area (Å²) >= 11 is 0. The lowest BCUT2D eigenvalue weighted by molar-refractivity contribution is -0.117. The molecule has 0 atom stereocenters. The monoisotopic (exact) mass is 347 g/mol. The minimum Gasteiger partial charge on any atom is -0.358 e. The molecule has 0 bridgehead atoms. The van der Waals surface area contributed by atoms with E-state index in [1.165, 1.54) is 0 Å². The van der Waals surface area contributed by atoms with Gasteiger partial charge >= 0.3 is 0 Å². The van der Waals surface area contributed by atoms with E-state index in [0.717, 1.165) is 40.8 Å². The maximum atomic E-state index is 12.6. The molecular formula is C21H21N3O2. The van der Waals surface area contributed by atoms with Crippen molar-refractivity contribution in [2.24, 2.45) is 0 Å². The normalized spacial score (nSPS) is 14.2. The molecule has 2 amide bonds. The number of aryl methyl sites for hydroxylation is 1. The number of nitrogens with one attached hydrogen (secondary N) is 2. The van der Waals surface area contributed by atoms with Gasteiger partial charge in [-0.2, -0.15) is 0 Å². The molecule has 2 N–H and O–H groups in total. The molecule has 0 saturated carbocycles. The van der Waals surface area contributed by atoms with E-state index < -0.39 is 0 Å². The van der Waals surface area contributed by atoms with Gasteiger partial charge in [0, 0.05) is 40.9 Å². The Labute approximate surface area is 152 Å². The molecule has 2 aromatic carbocycles. The molecule has 26 heavy (non-hydrogen) atoms. The van der Waals surface area contributed by atoms with Gasteiger partial charge in [0.25, 0.3) is 0 Å². The van der Waals surface area contributed by atoms with Crippen molar-refractivity contribution in [1.29, 1.82) is 0 Å². The maximum Gasteiger partial charge on any atom is 0.228 e. The molecule has 1 aliphatic rings. The Morgan fingerprint density at radius 2 is 2.04 bits per heavy atom. The Bertz CT molecular complexity index is 990. The summed E-state index contributed by atoms with van der Waals surface area (Å²) in [6, 6.07) is 15.5. The highest BCUT2D eigenvalue weighted by Crippen LogP contribution is 2.25. The van der Waals surface area contributed by atoms with Crippen molar-refractivity contribution < 1.29 is 9.59 Å². The molecule has 0 unspecified atom stereocenters. The van der Waals surface area contributed by atoms with Crippen LogP contribution in [0.25, 0.3) is 10.9 Å². The summed E-state index contributed by atoms with van der Waals surface area (Å²) in [5.41, 5.74) is 4.63. The number of carbonyl (C=O) groups excluding carboxylic acids is 2. The summed E-state index contributed by atoms with van der Waals surface area (Å²) in [5, 5.41) is 4.04.